The lowest BCUT2D eigenvalue weighted by Gasteiger charge is -2.03. The van der Waals surface area contributed by atoms with Crippen LogP contribution in [-0.2, 0) is 0 Å². The molecule has 0 aliphatic rings. The quantitative estimate of drug-likeness (QED) is 0.751. The van der Waals surface area contributed by atoms with Crippen molar-refractivity contribution in [3.63, 3.8) is 0 Å². The zero-order valence-electron chi connectivity index (χ0n) is 10.5. The number of nitrogens with zero attached hydrogens (tertiary/aromatic N) is 3. The number of imidazole rings is 1. The van der Waals surface area contributed by atoms with Gasteiger partial charge in [0.1, 0.15) is 5.82 Å². The first kappa shape index (κ1) is 12.1. The number of fused-ring (bicyclic) bond motifs is 1. The highest BCUT2D eigenvalue weighted by Gasteiger charge is 2.16. The fraction of sp³-hybridized carbons (Fsp3) is 0.0769. The van der Waals surface area contributed by atoms with E-state index in [4.69, 9.17) is 9.84 Å². The molecular formula is C13H10N4O3. The molecular weight excluding hydrogens is 260 g/mol. The average Bonchev–Trinajstić information content (AvgIpc) is 2.90. The molecule has 0 saturated carbocycles. The van der Waals surface area contributed by atoms with E-state index in [9.17, 15) is 4.79 Å². The summed E-state index contributed by atoms with van der Waals surface area (Å²) in [6.07, 6.45) is 3.02. The molecule has 0 aromatic carbocycles. The highest BCUT2D eigenvalue weighted by molar-refractivity contribution is 6.00. The third kappa shape index (κ3) is 1.85. The Bertz CT molecular complexity index is 797. The first-order chi connectivity index (χ1) is 9.70. The summed E-state index contributed by atoms with van der Waals surface area (Å²) in [7, 11) is 1.51. The summed E-state index contributed by atoms with van der Waals surface area (Å²) < 4.78 is 5.17. The molecule has 0 saturated heterocycles. The summed E-state index contributed by atoms with van der Waals surface area (Å²) in [5.74, 6) is -0.166. The first-order valence-corrected chi connectivity index (χ1v) is 5.78. The lowest BCUT2D eigenvalue weighted by Crippen LogP contribution is -1.97. The van der Waals surface area contributed by atoms with E-state index in [1.54, 1.807) is 18.3 Å². The van der Waals surface area contributed by atoms with Gasteiger partial charge in [-0.05, 0) is 18.2 Å². The van der Waals surface area contributed by atoms with E-state index < -0.39 is 5.97 Å². The second-order valence-corrected chi connectivity index (χ2v) is 4.01. The molecule has 20 heavy (non-hydrogen) atoms. The van der Waals surface area contributed by atoms with Gasteiger partial charge in [-0.2, -0.15) is 0 Å². The molecule has 0 aliphatic heterocycles. The minimum absolute atomic E-state index is 0.122. The molecule has 3 aromatic rings. The Labute approximate surface area is 113 Å². The fourth-order valence-corrected chi connectivity index (χ4v) is 1.95. The molecule has 100 valence electrons. The van der Waals surface area contributed by atoms with E-state index in [2.05, 4.69) is 19.9 Å². The molecule has 7 nitrogen and oxygen atoms in total. The van der Waals surface area contributed by atoms with Crippen molar-refractivity contribution in [1.29, 1.82) is 0 Å². The van der Waals surface area contributed by atoms with Crippen LogP contribution in [0.2, 0.25) is 0 Å². The van der Waals surface area contributed by atoms with Crippen LogP contribution >= 0.6 is 0 Å². The number of hydrogen-bond donors (Lipinski definition) is 2. The van der Waals surface area contributed by atoms with Crippen molar-refractivity contribution < 1.29 is 14.6 Å². The number of aromatic amines is 1. The fourth-order valence-electron chi connectivity index (χ4n) is 1.95. The van der Waals surface area contributed by atoms with Crippen LogP contribution in [0.5, 0.6) is 5.88 Å². The van der Waals surface area contributed by atoms with Gasteiger partial charge in [0.05, 0.1) is 23.8 Å². The minimum atomic E-state index is -1.04. The number of hydrogen-bond acceptors (Lipinski definition) is 5. The van der Waals surface area contributed by atoms with Crippen molar-refractivity contribution in [1.82, 2.24) is 19.9 Å². The van der Waals surface area contributed by atoms with Crippen LogP contribution in [0.1, 0.15) is 10.4 Å². The average molecular weight is 270 g/mol. The van der Waals surface area contributed by atoms with E-state index in [-0.39, 0.29) is 5.56 Å². The number of methoxy groups -OCH3 is 1. The summed E-state index contributed by atoms with van der Waals surface area (Å²) in [6, 6.07) is 4.95. The lowest BCUT2D eigenvalue weighted by molar-refractivity contribution is 0.0698. The molecule has 0 bridgehead atoms. The topological polar surface area (TPSA) is 101 Å². The minimum Gasteiger partial charge on any atom is -0.480 e. The van der Waals surface area contributed by atoms with Gasteiger partial charge < -0.3 is 14.8 Å². The van der Waals surface area contributed by atoms with Crippen LogP contribution < -0.4 is 4.74 Å². The van der Waals surface area contributed by atoms with Gasteiger partial charge in [0, 0.05) is 12.4 Å². The molecule has 7 heteroatoms. The Balaban J connectivity index is 2.23. The largest absolute Gasteiger partial charge is 0.480 e. The first-order valence-electron chi connectivity index (χ1n) is 5.78. The highest BCUT2D eigenvalue weighted by atomic mass is 16.5. The van der Waals surface area contributed by atoms with Gasteiger partial charge in [-0.15, -0.1) is 0 Å². The summed E-state index contributed by atoms with van der Waals surface area (Å²) in [4.78, 5) is 26.6. The van der Waals surface area contributed by atoms with Gasteiger partial charge in [0.25, 0.3) is 0 Å². The molecule has 0 radical (unpaired) electrons. The molecule has 0 unspecified atom stereocenters. The van der Waals surface area contributed by atoms with Crippen LogP contribution in [0, 0.1) is 0 Å². The molecule has 3 aromatic heterocycles. The summed E-state index contributed by atoms with van der Waals surface area (Å²) in [5, 5.41) is 9.15. The van der Waals surface area contributed by atoms with E-state index in [0.717, 1.165) is 0 Å². The smallest absolute Gasteiger partial charge is 0.338 e. The number of nitrogens with one attached hydrogen (secondary N) is 1. The Hall–Kier alpha value is -2.96. The van der Waals surface area contributed by atoms with Crippen LogP contribution in [0.3, 0.4) is 0 Å². The van der Waals surface area contributed by atoms with E-state index in [1.165, 1.54) is 19.4 Å². The van der Waals surface area contributed by atoms with Crippen molar-refractivity contribution in [2.24, 2.45) is 0 Å². The zero-order valence-corrected chi connectivity index (χ0v) is 10.5. The van der Waals surface area contributed by atoms with Gasteiger partial charge in [0.2, 0.25) is 5.88 Å². The molecule has 0 spiro atoms. The third-order valence-electron chi connectivity index (χ3n) is 2.84. The standard InChI is InChI=1S/C13H10N4O3/c1-20-12-8(3-2-5-15-12)10-16-9-7(13(18)19)4-6-14-11(9)17-10/h2-6H,1H3,(H,18,19)(H,14,16,17). The molecule has 0 amide bonds. The summed E-state index contributed by atoms with van der Waals surface area (Å²) in [6.45, 7) is 0. The molecule has 0 fully saturated rings. The summed E-state index contributed by atoms with van der Waals surface area (Å²) in [5.41, 5.74) is 1.48. The zero-order chi connectivity index (χ0) is 14.1. The molecule has 0 atom stereocenters. The molecule has 3 rings (SSSR count). The Morgan fingerprint density at radius 1 is 1.30 bits per heavy atom. The number of rotatable bonds is 3. The van der Waals surface area contributed by atoms with E-state index in [1.807, 2.05) is 0 Å². The Morgan fingerprint density at radius 2 is 2.15 bits per heavy atom. The van der Waals surface area contributed by atoms with Crippen molar-refractivity contribution in [3.8, 4) is 17.3 Å². The van der Waals surface area contributed by atoms with E-state index >= 15 is 0 Å². The van der Waals surface area contributed by atoms with Gasteiger partial charge in [-0.3, -0.25) is 0 Å². The number of carbonyl (C=O) groups is 1. The molecule has 0 aliphatic carbocycles. The van der Waals surface area contributed by atoms with Gasteiger partial charge >= 0.3 is 5.97 Å². The molecule has 3 heterocycles. The second kappa shape index (κ2) is 4.61. The van der Waals surface area contributed by atoms with Gasteiger partial charge in [0.15, 0.2) is 5.65 Å². The number of carboxylic acid groups (broad SMARTS) is 1. The monoisotopic (exact) mass is 270 g/mol. The maximum Gasteiger partial charge on any atom is 0.338 e. The summed E-state index contributed by atoms with van der Waals surface area (Å²) >= 11 is 0. The van der Waals surface area contributed by atoms with Gasteiger partial charge in [-0.1, -0.05) is 0 Å². The van der Waals surface area contributed by atoms with Crippen molar-refractivity contribution in [2.45, 2.75) is 0 Å². The number of aromatic carboxylic acids is 1. The number of ether oxygens (including phenoxy) is 1. The SMILES string of the molecule is COc1ncccc1-c1nc2nccc(C(=O)O)c2[nH]1. The van der Waals surface area contributed by atoms with Gasteiger partial charge in [-0.25, -0.2) is 19.7 Å². The predicted molar refractivity (Wildman–Crippen MR) is 70.6 cm³/mol. The highest BCUT2D eigenvalue weighted by Crippen LogP contribution is 2.27. The maximum absolute atomic E-state index is 11.2. The van der Waals surface area contributed by atoms with Crippen molar-refractivity contribution in [3.05, 3.63) is 36.2 Å². The molecule has 2 N–H and O–H groups in total. The van der Waals surface area contributed by atoms with E-state index in [0.29, 0.717) is 28.4 Å². The number of H-pyrrole nitrogens is 1. The maximum atomic E-state index is 11.2. The number of pyridine rings is 2. The van der Waals surface area contributed by atoms with Crippen molar-refractivity contribution in [2.75, 3.05) is 7.11 Å². The predicted octanol–water partition coefficient (Wildman–Crippen LogP) is 1.73. The van der Waals surface area contributed by atoms with Crippen LogP contribution in [-0.4, -0.2) is 38.1 Å². The third-order valence-corrected chi connectivity index (χ3v) is 2.84. The lowest BCUT2D eigenvalue weighted by atomic mass is 10.2. The van der Waals surface area contributed by atoms with Crippen LogP contribution in [0.4, 0.5) is 0 Å². The normalized spacial score (nSPS) is 10.7. The van der Waals surface area contributed by atoms with Crippen LogP contribution in [0.25, 0.3) is 22.6 Å². The Kier molecular flexibility index (Phi) is 2.79. The second-order valence-electron chi connectivity index (χ2n) is 4.01. The number of carboxylic acids is 1. The van der Waals surface area contributed by atoms with Crippen molar-refractivity contribution >= 4 is 17.1 Å². The van der Waals surface area contributed by atoms with Crippen LogP contribution in [0.15, 0.2) is 30.6 Å². The Morgan fingerprint density at radius 3 is 2.90 bits per heavy atom. The number of aromatic nitrogens is 4.